The van der Waals surface area contributed by atoms with E-state index in [0.29, 0.717) is 17.5 Å². The van der Waals surface area contributed by atoms with Crippen LogP contribution in [0.2, 0.25) is 0 Å². The Morgan fingerprint density at radius 3 is 2.80 bits per heavy atom. The van der Waals surface area contributed by atoms with Gasteiger partial charge in [0.15, 0.2) is 5.13 Å². The Kier molecular flexibility index (Phi) is 4.55. The SMILES string of the molecule is Cc1ccc(C)c(-c2csc(NC(=O)CC(C)C)n2)c1. The third kappa shape index (κ3) is 3.67. The standard InChI is InChI=1S/C16H20N2OS/c1-10(2)7-15(19)18-16-17-14(9-20-16)13-8-11(3)5-6-12(13)4/h5-6,8-10H,7H2,1-4H3,(H,17,18,19). The summed E-state index contributed by atoms with van der Waals surface area (Å²) in [7, 11) is 0. The van der Waals surface area contributed by atoms with Crippen LogP contribution in [0.15, 0.2) is 23.6 Å². The number of rotatable bonds is 4. The number of anilines is 1. The van der Waals surface area contributed by atoms with E-state index in [4.69, 9.17) is 0 Å². The average molecular weight is 288 g/mol. The second-order valence-corrected chi connectivity index (χ2v) is 6.36. The topological polar surface area (TPSA) is 42.0 Å². The van der Waals surface area contributed by atoms with Crippen LogP contribution in [0.4, 0.5) is 5.13 Å². The predicted octanol–water partition coefficient (Wildman–Crippen LogP) is 4.41. The van der Waals surface area contributed by atoms with Gasteiger partial charge in [0.1, 0.15) is 0 Å². The summed E-state index contributed by atoms with van der Waals surface area (Å²) in [5.41, 5.74) is 4.46. The van der Waals surface area contributed by atoms with Gasteiger partial charge >= 0.3 is 0 Å². The smallest absolute Gasteiger partial charge is 0.226 e. The maximum atomic E-state index is 11.7. The molecule has 0 atom stereocenters. The minimum absolute atomic E-state index is 0.0295. The van der Waals surface area contributed by atoms with Gasteiger partial charge in [0.2, 0.25) is 5.91 Å². The minimum Gasteiger partial charge on any atom is -0.302 e. The zero-order valence-corrected chi connectivity index (χ0v) is 13.2. The van der Waals surface area contributed by atoms with Crippen LogP contribution < -0.4 is 5.32 Å². The summed E-state index contributed by atoms with van der Waals surface area (Å²) in [6.45, 7) is 8.21. The third-order valence-electron chi connectivity index (χ3n) is 3.01. The number of nitrogens with zero attached hydrogens (tertiary/aromatic N) is 1. The number of amides is 1. The predicted molar refractivity (Wildman–Crippen MR) is 85.1 cm³/mol. The number of hydrogen-bond acceptors (Lipinski definition) is 3. The normalized spacial score (nSPS) is 10.8. The van der Waals surface area contributed by atoms with Gasteiger partial charge in [-0.05, 0) is 31.4 Å². The fourth-order valence-electron chi connectivity index (χ4n) is 2.01. The van der Waals surface area contributed by atoms with E-state index >= 15 is 0 Å². The molecule has 2 rings (SSSR count). The van der Waals surface area contributed by atoms with Gasteiger partial charge in [-0.2, -0.15) is 0 Å². The molecule has 4 heteroatoms. The molecule has 106 valence electrons. The van der Waals surface area contributed by atoms with Gasteiger partial charge in [-0.25, -0.2) is 4.98 Å². The van der Waals surface area contributed by atoms with E-state index in [2.05, 4.69) is 42.3 Å². The zero-order valence-electron chi connectivity index (χ0n) is 12.4. The summed E-state index contributed by atoms with van der Waals surface area (Å²) in [4.78, 5) is 16.3. The highest BCUT2D eigenvalue weighted by Gasteiger charge is 2.10. The Morgan fingerprint density at radius 1 is 1.35 bits per heavy atom. The van der Waals surface area contributed by atoms with Crippen LogP contribution in [0.25, 0.3) is 11.3 Å². The van der Waals surface area contributed by atoms with Gasteiger partial charge in [0, 0.05) is 17.4 Å². The monoisotopic (exact) mass is 288 g/mol. The van der Waals surface area contributed by atoms with Gasteiger partial charge in [-0.1, -0.05) is 31.5 Å². The maximum Gasteiger partial charge on any atom is 0.226 e. The van der Waals surface area contributed by atoms with Crippen LogP contribution in [-0.2, 0) is 4.79 Å². The van der Waals surface area contributed by atoms with E-state index in [1.807, 2.05) is 19.2 Å². The fraction of sp³-hybridized carbons (Fsp3) is 0.375. The molecule has 0 aliphatic heterocycles. The molecule has 1 amide bonds. The van der Waals surface area contributed by atoms with Crippen LogP contribution in [0, 0.1) is 19.8 Å². The van der Waals surface area contributed by atoms with Crippen molar-refractivity contribution in [2.24, 2.45) is 5.92 Å². The summed E-state index contributed by atoms with van der Waals surface area (Å²) in [5, 5.41) is 5.53. The molecule has 0 bridgehead atoms. The van der Waals surface area contributed by atoms with E-state index in [1.165, 1.54) is 22.5 Å². The van der Waals surface area contributed by atoms with Crippen molar-refractivity contribution in [3.63, 3.8) is 0 Å². The van der Waals surface area contributed by atoms with E-state index in [1.54, 1.807) is 0 Å². The molecular formula is C16H20N2OS. The number of nitrogens with one attached hydrogen (secondary N) is 1. The molecule has 1 heterocycles. The molecule has 1 aromatic heterocycles. The first-order chi connectivity index (χ1) is 9.45. The van der Waals surface area contributed by atoms with E-state index in [0.717, 1.165) is 11.3 Å². The van der Waals surface area contributed by atoms with Crippen molar-refractivity contribution in [2.45, 2.75) is 34.1 Å². The first-order valence-corrected chi connectivity index (χ1v) is 7.66. The Labute approximate surface area is 124 Å². The number of thiazole rings is 1. The molecule has 0 fully saturated rings. The largest absolute Gasteiger partial charge is 0.302 e. The lowest BCUT2D eigenvalue weighted by atomic mass is 10.0. The highest BCUT2D eigenvalue weighted by Crippen LogP contribution is 2.28. The summed E-state index contributed by atoms with van der Waals surface area (Å²) in [6, 6.07) is 6.32. The molecule has 0 radical (unpaired) electrons. The molecule has 0 saturated carbocycles. The van der Waals surface area contributed by atoms with Gasteiger partial charge < -0.3 is 5.32 Å². The van der Waals surface area contributed by atoms with Crippen molar-refractivity contribution >= 4 is 22.4 Å². The molecule has 3 nitrogen and oxygen atoms in total. The van der Waals surface area contributed by atoms with Crippen LogP contribution >= 0.6 is 11.3 Å². The van der Waals surface area contributed by atoms with Gasteiger partial charge in [0.25, 0.3) is 0 Å². The molecule has 20 heavy (non-hydrogen) atoms. The Hall–Kier alpha value is -1.68. The van der Waals surface area contributed by atoms with E-state index in [9.17, 15) is 4.79 Å². The van der Waals surface area contributed by atoms with Crippen LogP contribution in [0.1, 0.15) is 31.4 Å². The Morgan fingerprint density at radius 2 is 2.10 bits per heavy atom. The van der Waals surface area contributed by atoms with Crippen molar-refractivity contribution < 1.29 is 4.79 Å². The highest BCUT2D eigenvalue weighted by atomic mass is 32.1. The molecule has 0 aliphatic carbocycles. The van der Waals surface area contributed by atoms with E-state index in [-0.39, 0.29) is 5.91 Å². The Balaban J connectivity index is 2.16. The lowest BCUT2D eigenvalue weighted by Crippen LogP contribution is -2.13. The second-order valence-electron chi connectivity index (χ2n) is 5.50. The molecule has 1 aromatic carbocycles. The van der Waals surface area contributed by atoms with Crippen molar-refractivity contribution in [1.29, 1.82) is 0 Å². The van der Waals surface area contributed by atoms with Crippen molar-refractivity contribution in [2.75, 3.05) is 5.32 Å². The van der Waals surface area contributed by atoms with Gasteiger partial charge in [-0.3, -0.25) is 4.79 Å². The van der Waals surface area contributed by atoms with Gasteiger partial charge in [-0.15, -0.1) is 11.3 Å². The number of aromatic nitrogens is 1. The third-order valence-corrected chi connectivity index (χ3v) is 3.77. The number of carbonyl (C=O) groups is 1. The van der Waals surface area contributed by atoms with Crippen LogP contribution in [0.3, 0.4) is 0 Å². The minimum atomic E-state index is 0.0295. The average Bonchev–Trinajstić information content (AvgIpc) is 2.79. The summed E-state index contributed by atoms with van der Waals surface area (Å²) in [5.74, 6) is 0.385. The van der Waals surface area contributed by atoms with Gasteiger partial charge in [0.05, 0.1) is 5.69 Å². The summed E-state index contributed by atoms with van der Waals surface area (Å²) >= 11 is 1.47. The van der Waals surface area contributed by atoms with Crippen molar-refractivity contribution in [3.8, 4) is 11.3 Å². The second kappa shape index (κ2) is 6.18. The first kappa shape index (κ1) is 14.7. The molecule has 2 aromatic rings. The summed E-state index contributed by atoms with van der Waals surface area (Å²) in [6.07, 6.45) is 0.526. The van der Waals surface area contributed by atoms with Crippen LogP contribution in [0.5, 0.6) is 0 Å². The molecule has 1 N–H and O–H groups in total. The number of aryl methyl sites for hydroxylation is 2. The molecular weight excluding hydrogens is 268 g/mol. The van der Waals surface area contributed by atoms with Crippen molar-refractivity contribution in [1.82, 2.24) is 4.98 Å². The molecule has 0 unspecified atom stereocenters. The van der Waals surface area contributed by atoms with E-state index < -0.39 is 0 Å². The van der Waals surface area contributed by atoms with Crippen LogP contribution in [-0.4, -0.2) is 10.9 Å². The molecule has 0 aliphatic rings. The highest BCUT2D eigenvalue weighted by molar-refractivity contribution is 7.14. The molecule has 0 saturated heterocycles. The lowest BCUT2D eigenvalue weighted by Gasteiger charge is -2.05. The Bertz CT molecular complexity index is 617. The fourth-order valence-corrected chi connectivity index (χ4v) is 2.73. The first-order valence-electron chi connectivity index (χ1n) is 6.78. The number of hydrogen-bond donors (Lipinski definition) is 1. The maximum absolute atomic E-state index is 11.7. The van der Waals surface area contributed by atoms with Crippen molar-refractivity contribution in [3.05, 3.63) is 34.7 Å². The zero-order chi connectivity index (χ0) is 14.7. The number of carbonyl (C=O) groups excluding carboxylic acids is 1. The molecule has 0 spiro atoms. The lowest BCUT2D eigenvalue weighted by molar-refractivity contribution is -0.116. The number of benzene rings is 1. The summed E-state index contributed by atoms with van der Waals surface area (Å²) < 4.78 is 0. The quantitative estimate of drug-likeness (QED) is 0.905.